The summed E-state index contributed by atoms with van der Waals surface area (Å²) in [6.45, 7) is 7.31. The second kappa shape index (κ2) is 14.0. The summed E-state index contributed by atoms with van der Waals surface area (Å²) in [4.78, 5) is 62.1. The van der Waals surface area contributed by atoms with Crippen molar-refractivity contribution in [1.29, 1.82) is 0 Å². The van der Waals surface area contributed by atoms with Crippen LogP contribution in [0, 0.1) is 0 Å². The Balaban J connectivity index is 0.832. The molecule has 1 aromatic heterocycles. The highest BCUT2D eigenvalue weighted by Gasteiger charge is 2.45. The minimum atomic E-state index is -0.987. The molecule has 3 aliphatic heterocycles. The number of imide groups is 2. The summed E-state index contributed by atoms with van der Waals surface area (Å²) >= 11 is 0. The van der Waals surface area contributed by atoms with E-state index in [0.29, 0.717) is 25.0 Å². The number of ether oxygens (including phenoxy) is 3. The molecular weight excluding hydrogens is 676 g/mol. The number of benzene rings is 3. The Hall–Kier alpha value is -5.82. The molecule has 1 aliphatic carbocycles. The zero-order chi connectivity index (χ0) is 36.7. The molecular formula is C40H40N6O7. The quantitative estimate of drug-likeness (QED) is 0.217. The van der Waals surface area contributed by atoms with Gasteiger partial charge < -0.3 is 24.4 Å². The highest BCUT2D eigenvalue weighted by Crippen LogP contribution is 2.36. The Bertz CT molecular complexity index is 2060. The maximum Gasteiger partial charge on any atom is 0.323 e. The van der Waals surface area contributed by atoms with Gasteiger partial charge in [0.1, 0.15) is 29.5 Å². The number of nitrogens with zero attached hydrogens (tertiary/aromatic N) is 4. The van der Waals surface area contributed by atoms with Gasteiger partial charge in [0.15, 0.2) is 0 Å². The van der Waals surface area contributed by atoms with Crippen LogP contribution < -0.4 is 25.0 Å². The zero-order valence-corrected chi connectivity index (χ0v) is 29.5. The average Bonchev–Trinajstić information content (AvgIpc) is 3.39. The summed E-state index contributed by atoms with van der Waals surface area (Å²) in [5, 5.41) is 5.66. The van der Waals surface area contributed by atoms with E-state index in [2.05, 4.69) is 63.6 Å². The normalized spacial score (nSPS) is 21.5. The van der Waals surface area contributed by atoms with Gasteiger partial charge in [0, 0.05) is 55.7 Å². The third-order valence-corrected chi connectivity index (χ3v) is 10.5. The predicted molar refractivity (Wildman–Crippen MR) is 194 cm³/mol. The van der Waals surface area contributed by atoms with E-state index < -0.39 is 29.7 Å². The molecule has 4 aliphatic rings. The van der Waals surface area contributed by atoms with E-state index in [1.165, 1.54) is 0 Å². The number of aromatic nitrogens is 2. The Morgan fingerprint density at radius 1 is 0.849 bits per heavy atom. The van der Waals surface area contributed by atoms with Crippen molar-refractivity contribution in [2.75, 3.05) is 36.5 Å². The molecule has 13 heteroatoms. The molecule has 1 atom stereocenters. The van der Waals surface area contributed by atoms with Crippen molar-refractivity contribution < 1.29 is 33.4 Å². The minimum absolute atomic E-state index is 0.0399. The fraction of sp³-hybridized carbons (Fsp3) is 0.350. The van der Waals surface area contributed by atoms with Gasteiger partial charge in [0.25, 0.3) is 11.8 Å². The molecule has 2 saturated heterocycles. The first-order valence-corrected chi connectivity index (χ1v) is 18.0. The first kappa shape index (κ1) is 34.3. The number of hydrogen-bond acceptors (Lipinski definition) is 11. The largest absolute Gasteiger partial charge is 0.490 e. The van der Waals surface area contributed by atoms with Gasteiger partial charge in [-0.1, -0.05) is 38.1 Å². The van der Waals surface area contributed by atoms with Gasteiger partial charge in [0.05, 0.1) is 24.3 Å². The third kappa shape index (κ3) is 6.91. The number of rotatable bonds is 10. The van der Waals surface area contributed by atoms with Gasteiger partial charge in [0.2, 0.25) is 11.8 Å². The monoisotopic (exact) mass is 716 g/mol. The van der Waals surface area contributed by atoms with E-state index in [0.717, 1.165) is 59.2 Å². The van der Waals surface area contributed by atoms with Crippen LogP contribution in [-0.4, -0.2) is 83.0 Å². The third-order valence-electron chi connectivity index (χ3n) is 10.5. The van der Waals surface area contributed by atoms with Crippen molar-refractivity contribution in [2.24, 2.45) is 0 Å². The summed E-state index contributed by atoms with van der Waals surface area (Å²) in [6, 6.07) is 22.6. The molecule has 272 valence electrons. The van der Waals surface area contributed by atoms with Crippen molar-refractivity contribution in [3.05, 3.63) is 101 Å². The lowest BCUT2D eigenvalue weighted by atomic mass is 9.78. The molecule has 3 aromatic carbocycles. The Kier molecular flexibility index (Phi) is 9.03. The molecule has 4 heterocycles. The number of carbonyl (C=O) groups excluding carboxylic acids is 4. The summed E-state index contributed by atoms with van der Waals surface area (Å²) in [5.41, 5.74) is 3.25. The van der Waals surface area contributed by atoms with Crippen molar-refractivity contribution in [3.63, 3.8) is 0 Å². The van der Waals surface area contributed by atoms with E-state index in [-0.39, 0.29) is 41.5 Å². The van der Waals surface area contributed by atoms with E-state index >= 15 is 0 Å². The van der Waals surface area contributed by atoms with Gasteiger partial charge in [-0.2, -0.15) is 4.98 Å². The predicted octanol–water partition coefficient (Wildman–Crippen LogP) is 4.85. The number of anilines is 2. The molecule has 53 heavy (non-hydrogen) atoms. The molecule has 4 amide bonds. The van der Waals surface area contributed by atoms with Crippen LogP contribution in [0.2, 0.25) is 0 Å². The average molecular weight is 717 g/mol. The van der Waals surface area contributed by atoms with Crippen molar-refractivity contribution in [1.82, 2.24) is 20.2 Å². The van der Waals surface area contributed by atoms with Gasteiger partial charge >= 0.3 is 6.01 Å². The fourth-order valence-corrected chi connectivity index (χ4v) is 7.28. The van der Waals surface area contributed by atoms with Crippen LogP contribution in [0.4, 0.5) is 11.5 Å². The van der Waals surface area contributed by atoms with Gasteiger partial charge in [-0.05, 0) is 66.1 Å². The molecule has 8 rings (SSSR count). The van der Waals surface area contributed by atoms with Crippen LogP contribution in [0.3, 0.4) is 0 Å². The van der Waals surface area contributed by atoms with Gasteiger partial charge in [-0.25, -0.2) is 4.98 Å². The lowest BCUT2D eigenvalue weighted by Gasteiger charge is -2.36. The highest BCUT2D eigenvalue weighted by molar-refractivity contribution is 6.23. The van der Waals surface area contributed by atoms with E-state index in [1.807, 2.05) is 30.3 Å². The highest BCUT2D eigenvalue weighted by atomic mass is 16.5. The molecule has 0 radical (unpaired) electrons. The first-order chi connectivity index (χ1) is 25.6. The lowest BCUT2D eigenvalue weighted by Crippen LogP contribution is -2.54. The number of hydrogen-bond donors (Lipinski definition) is 2. The molecule has 2 N–H and O–H groups in total. The van der Waals surface area contributed by atoms with Crippen LogP contribution in [0.25, 0.3) is 0 Å². The van der Waals surface area contributed by atoms with Gasteiger partial charge in [-0.15, -0.1) is 0 Å². The van der Waals surface area contributed by atoms with Crippen molar-refractivity contribution in [3.8, 4) is 17.5 Å². The Morgan fingerprint density at radius 3 is 2.23 bits per heavy atom. The van der Waals surface area contributed by atoms with E-state index in [4.69, 9.17) is 14.2 Å². The summed E-state index contributed by atoms with van der Waals surface area (Å²) in [6.07, 6.45) is 3.51. The topological polar surface area (TPSA) is 152 Å². The molecule has 1 saturated carbocycles. The van der Waals surface area contributed by atoms with E-state index in [1.54, 1.807) is 24.4 Å². The number of amides is 4. The minimum Gasteiger partial charge on any atom is -0.490 e. The maximum absolute atomic E-state index is 13.2. The standard InChI is InChI=1S/C40H40N6O7/c1-40(2,25-5-10-29(11-6-25)53-39-41-16-15-34(43-39)45-17-19-51-20-18-45)24-3-8-28(9-4-24)52-30-21-27(22-30)42-26-7-12-31-32(23-26)38(50)46(37(31)49)33-13-14-35(47)44-36(33)48/h3-12,15-16,23,27,30,33,42H,13-14,17-22H2,1-2H3,(H,44,47,48). The molecule has 3 fully saturated rings. The summed E-state index contributed by atoms with van der Waals surface area (Å²) in [5.74, 6) is 0.228. The van der Waals surface area contributed by atoms with E-state index in [9.17, 15) is 19.2 Å². The molecule has 13 nitrogen and oxygen atoms in total. The second-order valence-electron chi connectivity index (χ2n) is 14.3. The van der Waals surface area contributed by atoms with Crippen LogP contribution in [0.1, 0.15) is 71.4 Å². The molecule has 1 unspecified atom stereocenters. The number of fused-ring (bicyclic) bond motifs is 1. The fourth-order valence-electron chi connectivity index (χ4n) is 7.28. The lowest BCUT2D eigenvalue weighted by molar-refractivity contribution is -0.136. The molecule has 4 aromatic rings. The zero-order valence-electron chi connectivity index (χ0n) is 29.5. The van der Waals surface area contributed by atoms with Gasteiger partial charge in [-0.3, -0.25) is 29.4 Å². The molecule has 0 bridgehead atoms. The Morgan fingerprint density at radius 2 is 1.53 bits per heavy atom. The number of piperidine rings is 1. The summed E-state index contributed by atoms with van der Waals surface area (Å²) in [7, 11) is 0. The molecule has 0 spiro atoms. The van der Waals surface area contributed by atoms with Crippen LogP contribution in [-0.2, 0) is 19.7 Å². The maximum atomic E-state index is 13.2. The number of morpholine rings is 1. The van der Waals surface area contributed by atoms with Crippen LogP contribution >= 0.6 is 0 Å². The summed E-state index contributed by atoms with van der Waals surface area (Å²) < 4.78 is 17.7. The second-order valence-corrected chi connectivity index (χ2v) is 14.3. The SMILES string of the molecule is CC(C)(c1ccc(Oc2nccc(N3CCOCC3)n2)cc1)c1ccc(OC2CC(Nc3ccc4c(c3)C(=O)N(C3CCC(=O)NC3=O)C4=O)C2)cc1. The van der Waals surface area contributed by atoms with Crippen molar-refractivity contribution >= 4 is 35.1 Å². The number of carbonyl (C=O) groups is 4. The first-order valence-electron chi connectivity index (χ1n) is 18.0. The van der Waals surface area contributed by atoms with Crippen molar-refractivity contribution in [2.45, 2.75) is 63.1 Å². The number of nitrogens with one attached hydrogen (secondary N) is 2. The Labute approximate surface area is 306 Å². The van der Waals surface area contributed by atoms with Crippen LogP contribution in [0.5, 0.6) is 17.5 Å². The smallest absolute Gasteiger partial charge is 0.323 e. The van der Waals surface area contributed by atoms with Crippen LogP contribution in [0.15, 0.2) is 79.0 Å².